The van der Waals surface area contributed by atoms with Crippen molar-refractivity contribution in [3.05, 3.63) is 30.6 Å². The largest absolute Gasteiger partial charge is 0.300 e. The van der Waals surface area contributed by atoms with Gasteiger partial charge >= 0.3 is 0 Å². The number of benzene rings is 1. The highest BCUT2D eigenvalue weighted by atomic mass is 35.7. The summed E-state index contributed by atoms with van der Waals surface area (Å²) in [5, 5.41) is 7.16. The maximum atomic E-state index is 11.3. The molecule has 0 aliphatic heterocycles. The van der Waals surface area contributed by atoms with Crippen LogP contribution in [0.25, 0.3) is 22.4 Å². The fourth-order valence-electron chi connectivity index (χ4n) is 1.88. The second-order valence-electron chi connectivity index (χ2n) is 4.06. The summed E-state index contributed by atoms with van der Waals surface area (Å²) in [6.45, 7) is 0. The van der Waals surface area contributed by atoms with Crippen LogP contribution >= 0.6 is 10.7 Å². The predicted octanol–water partition coefficient (Wildman–Crippen LogP) is 1.35. The molecule has 0 amide bonds. The zero-order valence-electron chi connectivity index (χ0n) is 10.2. The fourth-order valence-corrected chi connectivity index (χ4v) is 2.84. The molecule has 3 rings (SSSR count). The summed E-state index contributed by atoms with van der Waals surface area (Å²) in [4.78, 5) is 8.35. The first-order valence-corrected chi connectivity index (χ1v) is 7.83. The molecule has 0 aliphatic carbocycles. The Bertz CT molecular complexity index is 906. The molecule has 0 atom stereocenters. The zero-order valence-corrected chi connectivity index (χ0v) is 11.8. The van der Waals surface area contributed by atoms with Crippen molar-refractivity contribution in [2.75, 3.05) is 0 Å². The summed E-state index contributed by atoms with van der Waals surface area (Å²) in [7, 11) is 2.89. The van der Waals surface area contributed by atoms with Crippen LogP contribution in [0.15, 0.2) is 35.7 Å². The molecule has 1 aromatic carbocycles. The average molecular weight is 310 g/mol. The molecule has 0 saturated carbocycles. The molecule has 0 unspecified atom stereocenters. The van der Waals surface area contributed by atoms with Crippen molar-refractivity contribution in [3.8, 4) is 11.4 Å². The van der Waals surface area contributed by atoms with Crippen LogP contribution in [0.2, 0.25) is 0 Å². The van der Waals surface area contributed by atoms with Gasteiger partial charge in [0.25, 0.3) is 14.2 Å². The number of aromatic nitrogens is 5. The topological polar surface area (TPSA) is 90.6 Å². The van der Waals surface area contributed by atoms with E-state index in [0.29, 0.717) is 16.9 Å². The summed E-state index contributed by atoms with van der Waals surface area (Å²) in [5.41, 5.74) is 2.10. The van der Waals surface area contributed by atoms with Crippen molar-refractivity contribution >= 4 is 30.8 Å². The van der Waals surface area contributed by atoms with Crippen LogP contribution in [-0.4, -0.2) is 33.2 Å². The number of hydrogen-bond donors (Lipinski definition) is 0. The molecular weight excluding hydrogens is 302 g/mol. The van der Waals surface area contributed by atoms with Crippen LogP contribution in [0.5, 0.6) is 0 Å². The van der Waals surface area contributed by atoms with Crippen molar-refractivity contribution in [3.63, 3.8) is 0 Å². The van der Waals surface area contributed by atoms with Gasteiger partial charge in [0, 0.05) is 35.7 Å². The monoisotopic (exact) mass is 309 g/mol. The number of halogens is 1. The molecular formula is C11H8ClN5O2S. The Morgan fingerprint density at radius 2 is 1.80 bits per heavy atom. The van der Waals surface area contributed by atoms with E-state index >= 15 is 0 Å². The van der Waals surface area contributed by atoms with Crippen molar-refractivity contribution in [1.29, 1.82) is 0 Å². The number of fused-ring (bicyclic) bond motifs is 1. The highest BCUT2D eigenvalue weighted by Gasteiger charge is 2.21. The second kappa shape index (κ2) is 4.50. The quantitative estimate of drug-likeness (QED) is 0.664. The van der Waals surface area contributed by atoms with Gasteiger partial charge in [0.1, 0.15) is 0 Å². The van der Waals surface area contributed by atoms with Crippen molar-refractivity contribution < 1.29 is 8.42 Å². The molecule has 3 aromatic rings. The average Bonchev–Trinajstić information content (AvgIpc) is 2.80. The van der Waals surface area contributed by atoms with Crippen molar-refractivity contribution in [2.45, 2.75) is 5.16 Å². The van der Waals surface area contributed by atoms with E-state index in [4.69, 9.17) is 10.7 Å². The summed E-state index contributed by atoms with van der Waals surface area (Å²) in [6.07, 6.45) is 3.18. The van der Waals surface area contributed by atoms with Gasteiger partial charge in [0.15, 0.2) is 5.82 Å². The van der Waals surface area contributed by atoms with Crippen LogP contribution in [0.1, 0.15) is 0 Å². The van der Waals surface area contributed by atoms with Gasteiger partial charge in [-0.2, -0.15) is 0 Å². The second-order valence-corrected chi connectivity index (χ2v) is 6.52. The molecule has 0 bridgehead atoms. The molecule has 9 heteroatoms. The summed E-state index contributed by atoms with van der Waals surface area (Å²) < 4.78 is 24.0. The lowest BCUT2D eigenvalue weighted by molar-refractivity contribution is 0.593. The lowest BCUT2D eigenvalue weighted by Crippen LogP contribution is -2.02. The SMILES string of the molecule is Cn1c(-c2ccc3nccnc3c2)nnc1S(=O)(=O)Cl. The third-order valence-electron chi connectivity index (χ3n) is 2.78. The Labute approximate surface area is 118 Å². The molecule has 0 aliphatic rings. The molecule has 7 nitrogen and oxygen atoms in total. The molecule has 0 N–H and O–H groups in total. The molecule has 2 heterocycles. The highest BCUT2D eigenvalue weighted by Crippen LogP contribution is 2.23. The van der Waals surface area contributed by atoms with Gasteiger partial charge in [0.05, 0.1) is 11.0 Å². The number of nitrogens with zero attached hydrogens (tertiary/aromatic N) is 5. The smallest absolute Gasteiger partial charge is 0.296 e. The molecule has 0 fully saturated rings. The molecule has 2 aromatic heterocycles. The van der Waals surface area contributed by atoms with E-state index < -0.39 is 9.05 Å². The molecule has 0 radical (unpaired) electrons. The standard InChI is InChI=1S/C11H8ClN5O2S/c1-17-10(15-16-11(17)20(12,18)19)7-2-3-8-9(6-7)14-5-4-13-8/h2-6H,1H3. The van der Waals surface area contributed by atoms with Crippen LogP contribution in [0, 0.1) is 0 Å². The van der Waals surface area contributed by atoms with Crippen molar-refractivity contribution in [1.82, 2.24) is 24.7 Å². The summed E-state index contributed by atoms with van der Waals surface area (Å²) in [6, 6.07) is 5.31. The van der Waals surface area contributed by atoms with Gasteiger partial charge in [-0.1, -0.05) is 0 Å². The Morgan fingerprint density at radius 3 is 2.45 bits per heavy atom. The summed E-state index contributed by atoms with van der Waals surface area (Å²) in [5.74, 6) is 0.386. The summed E-state index contributed by atoms with van der Waals surface area (Å²) >= 11 is 0. The minimum atomic E-state index is -3.93. The van der Waals surface area contributed by atoms with E-state index in [1.165, 1.54) is 11.6 Å². The first-order valence-electron chi connectivity index (χ1n) is 5.52. The van der Waals surface area contributed by atoms with Gasteiger partial charge < -0.3 is 0 Å². The third kappa shape index (κ3) is 2.12. The minimum Gasteiger partial charge on any atom is -0.300 e. The molecule has 102 valence electrons. The van der Waals surface area contributed by atoms with Crippen LogP contribution in [0.4, 0.5) is 0 Å². The Morgan fingerprint density at radius 1 is 1.10 bits per heavy atom. The Balaban J connectivity index is 2.19. The molecule has 0 saturated heterocycles. The van der Waals surface area contributed by atoms with E-state index in [2.05, 4.69) is 20.2 Å². The lowest BCUT2D eigenvalue weighted by atomic mass is 10.2. The van der Waals surface area contributed by atoms with E-state index in [9.17, 15) is 8.42 Å². The molecule has 20 heavy (non-hydrogen) atoms. The third-order valence-corrected chi connectivity index (χ3v) is 3.99. The minimum absolute atomic E-state index is 0.298. The number of hydrogen-bond acceptors (Lipinski definition) is 6. The van der Waals surface area contributed by atoms with Gasteiger partial charge in [0.2, 0.25) is 0 Å². The van der Waals surface area contributed by atoms with Gasteiger partial charge in [-0.25, -0.2) is 8.42 Å². The molecule has 0 spiro atoms. The Kier molecular flexibility index (Phi) is 2.91. The highest BCUT2D eigenvalue weighted by molar-refractivity contribution is 8.13. The van der Waals surface area contributed by atoms with Gasteiger partial charge in [-0.15, -0.1) is 10.2 Å². The van der Waals surface area contributed by atoms with E-state index in [1.54, 1.807) is 30.6 Å². The fraction of sp³-hybridized carbons (Fsp3) is 0.0909. The zero-order chi connectivity index (χ0) is 14.3. The maximum Gasteiger partial charge on any atom is 0.296 e. The van der Waals surface area contributed by atoms with Gasteiger partial charge in [-0.3, -0.25) is 14.5 Å². The van der Waals surface area contributed by atoms with Crippen molar-refractivity contribution in [2.24, 2.45) is 7.05 Å². The van der Waals surface area contributed by atoms with Crippen LogP contribution < -0.4 is 0 Å². The lowest BCUT2D eigenvalue weighted by Gasteiger charge is -2.03. The first-order chi connectivity index (χ1) is 9.47. The van der Waals surface area contributed by atoms with E-state index in [-0.39, 0.29) is 5.16 Å². The van der Waals surface area contributed by atoms with Gasteiger partial charge in [-0.05, 0) is 18.2 Å². The van der Waals surface area contributed by atoms with Crippen LogP contribution in [-0.2, 0) is 16.1 Å². The van der Waals surface area contributed by atoms with Crippen LogP contribution in [0.3, 0.4) is 0 Å². The normalized spacial score (nSPS) is 11.9. The predicted molar refractivity (Wildman–Crippen MR) is 72.6 cm³/mol. The maximum absolute atomic E-state index is 11.3. The number of rotatable bonds is 2. The van der Waals surface area contributed by atoms with E-state index in [0.717, 1.165) is 5.52 Å². The Hall–Kier alpha value is -2.06. The first kappa shape index (κ1) is 12.9. The van der Waals surface area contributed by atoms with E-state index in [1.807, 2.05) is 0 Å².